The first-order valence-corrected chi connectivity index (χ1v) is 12.6. The van der Waals surface area contributed by atoms with Crippen LogP contribution in [-0.2, 0) is 22.4 Å². The lowest BCUT2D eigenvalue weighted by atomic mass is 10.0. The van der Waals surface area contributed by atoms with E-state index in [1.165, 1.54) is 0 Å². The van der Waals surface area contributed by atoms with E-state index >= 15 is 0 Å². The number of aliphatic hydroxyl groups is 1. The number of aliphatic hydroxyl groups excluding tert-OH is 1. The maximum Gasteiger partial charge on any atom is 0.237 e. The van der Waals surface area contributed by atoms with Crippen molar-refractivity contribution in [2.75, 3.05) is 13.2 Å². The Morgan fingerprint density at radius 2 is 1.19 bits per heavy atom. The van der Waals surface area contributed by atoms with Gasteiger partial charge in [0, 0.05) is 6.54 Å². The summed E-state index contributed by atoms with van der Waals surface area (Å²) in [7, 11) is 0. The van der Waals surface area contributed by atoms with Gasteiger partial charge < -0.3 is 27.2 Å². The lowest BCUT2D eigenvalue weighted by Crippen LogP contribution is -2.49. The van der Waals surface area contributed by atoms with E-state index in [1.807, 2.05) is 84.9 Å². The van der Waals surface area contributed by atoms with E-state index in [2.05, 4.69) is 10.6 Å². The van der Waals surface area contributed by atoms with Crippen LogP contribution in [0.25, 0.3) is 21.5 Å². The molecule has 0 heterocycles. The average molecular weight is 499 g/mol. The predicted molar refractivity (Wildman–Crippen MR) is 148 cm³/mol. The summed E-state index contributed by atoms with van der Waals surface area (Å²) < 4.78 is 0. The van der Waals surface area contributed by atoms with E-state index in [0.717, 1.165) is 32.7 Å². The van der Waals surface area contributed by atoms with Gasteiger partial charge in [0.05, 0.1) is 24.7 Å². The molecule has 0 spiro atoms. The normalized spacial score (nSPS) is 13.7. The number of nitrogens with two attached hydrogens (primary N) is 2. The standard InChI is InChI=1S/C30H34N4O3/c31-27(17-20-9-11-22-5-1-3-7-24(22)15-20)29(36)33-14-13-26(19-35)34-30(37)28(32)18-21-10-12-23-6-2-4-8-25(23)16-21/h1-12,15-16,26-28,35H,13-14,17-19,31-32H2,(H,33,36)(H,34,37)/t26?,27-,28-/m0/s1. The van der Waals surface area contributed by atoms with E-state index in [1.54, 1.807) is 0 Å². The first-order chi connectivity index (χ1) is 17.9. The number of carbonyl (C=O) groups is 2. The molecule has 192 valence electrons. The summed E-state index contributed by atoms with van der Waals surface area (Å²) in [5, 5.41) is 19.8. The largest absolute Gasteiger partial charge is 0.394 e. The number of fused-ring (bicyclic) bond motifs is 2. The topological polar surface area (TPSA) is 130 Å². The van der Waals surface area contributed by atoms with Gasteiger partial charge in [0.15, 0.2) is 0 Å². The van der Waals surface area contributed by atoms with Crippen molar-refractivity contribution in [2.45, 2.75) is 37.4 Å². The summed E-state index contributed by atoms with van der Waals surface area (Å²) in [4.78, 5) is 25.1. The average Bonchev–Trinajstić information content (AvgIpc) is 2.92. The van der Waals surface area contributed by atoms with Crippen LogP contribution in [0.5, 0.6) is 0 Å². The van der Waals surface area contributed by atoms with Gasteiger partial charge in [0.1, 0.15) is 0 Å². The number of hydrogen-bond donors (Lipinski definition) is 5. The molecule has 0 saturated heterocycles. The fourth-order valence-electron chi connectivity index (χ4n) is 4.44. The lowest BCUT2D eigenvalue weighted by molar-refractivity contribution is -0.123. The molecule has 0 aliphatic carbocycles. The molecule has 2 amide bonds. The molecule has 3 atom stereocenters. The Morgan fingerprint density at radius 3 is 1.70 bits per heavy atom. The van der Waals surface area contributed by atoms with Gasteiger partial charge in [0.25, 0.3) is 0 Å². The van der Waals surface area contributed by atoms with Crippen LogP contribution in [0, 0.1) is 0 Å². The first kappa shape index (κ1) is 26.3. The van der Waals surface area contributed by atoms with Crippen LogP contribution in [0.3, 0.4) is 0 Å². The van der Waals surface area contributed by atoms with E-state index in [-0.39, 0.29) is 25.0 Å². The highest BCUT2D eigenvalue weighted by Gasteiger charge is 2.19. The minimum Gasteiger partial charge on any atom is -0.394 e. The quantitative estimate of drug-likeness (QED) is 0.217. The summed E-state index contributed by atoms with van der Waals surface area (Å²) >= 11 is 0. The lowest BCUT2D eigenvalue weighted by Gasteiger charge is -2.20. The third-order valence-electron chi connectivity index (χ3n) is 6.57. The number of benzene rings is 4. The maximum absolute atomic E-state index is 12.6. The Hall–Kier alpha value is -3.78. The molecular weight excluding hydrogens is 464 g/mol. The summed E-state index contributed by atoms with van der Waals surface area (Å²) in [6.07, 6.45) is 1.16. The molecular formula is C30H34N4O3. The summed E-state index contributed by atoms with van der Waals surface area (Å²) in [5.74, 6) is -0.615. The zero-order valence-corrected chi connectivity index (χ0v) is 20.8. The molecule has 0 bridgehead atoms. The van der Waals surface area contributed by atoms with E-state index in [0.29, 0.717) is 19.3 Å². The molecule has 0 radical (unpaired) electrons. The number of carbonyl (C=O) groups excluding carboxylic acids is 2. The van der Waals surface area contributed by atoms with Gasteiger partial charge in [-0.1, -0.05) is 84.9 Å². The smallest absolute Gasteiger partial charge is 0.237 e. The molecule has 0 aliphatic rings. The van der Waals surface area contributed by atoms with Crippen molar-refractivity contribution in [1.82, 2.24) is 10.6 Å². The SMILES string of the molecule is N[C@@H](Cc1ccc2ccccc2c1)C(=O)NCCC(CO)NC(=O)[C@@H](N)Cc1ccc2ccccc2c1. The minimum absolute atomic E-state index is 0.256. The molecule has 4 rings (SSSR count). The van der Waals surface area contributed by atoms with E-state index in [9.17, 15) is 14.7 Å². The van der Waals surface area contributed by atoms with Crippen LogP contribution in [0.1, 0.15) is 17.5 Å². The summed E-state index contributed by atoms with van der Waals surface area (Å²) in [6, 6.07) is 26.1. The van der Waals surface area contributed by atoms with Crippen molar-refractivity contribution in [1.29, 1.82) is 0 Å². The molecule has 0 saturated carbocycles. The molecule has 7 N–H and O–H groups in total. The van der Waals surface area contributed by atoms with Crippen LogP contribution in [0.2, 0.25) is 0 Å². The highest BCUT2D eigenvalue weighted by Crippen LogP contribution is 2.17. The van der Waals surface area contributed by atoms with E-state index < -0.39 is 18.1 Å². The Morgan fingerprint density at radius 1 is 0.703 bits per heavy atom. The third-order valence-corrected chi connectivity index (χ3v) is 6.57. The fourth-order valence-corrected chi connectivity index (χ4v) is 4.44. The van der Waals surface area contributed by atoms with Crippen molar-refractivity contribution in [2.24, 2.45) is 11.5 Å². The molecule has 37 heavy (non-hydrogen) atoms. The van der Waals surface area contributed by atoms with Gasteiger partial charge in [-0.15, -0.1) is 0 Å². The highest BCUT2D eigenvalue weighted by molar-refractivity contribution is 5.85. The maximum atomic E-state index is 12.6. The Labute approximate surface area is 216 Å². The van der Waals surface area contributed by atoms with Gasteiger partial charge in [-0.3, -0.25) is 9.59 Å². The Balaban J connectivity index is 1.22. The van der Waals surface area contributed by atoms with Crippen molar-refractivity contribution in [3.63, 3.8) is 0 Å². The van der Waals surface area contributed by atoms with Crippen LogP contribution < -0.4 is 22.1 Å². The number of rotatable bonds is 11. The Kier molecular flexibility index (Phi) is 8.85. The molecule has 0 aliphatic heterocycles. The second-order valence-electron chi connectivity index (χ2n) is 9.45. The first-order valence-electron chi connectivity index (χ1n) is 12.6. The van der Waals surface area contributed by atoms with Gasteiger partial charge in [-0.2, -0.15) is 0 Å². The van der Waals surface area contributed by atoms with Crippen molar-refractivity contribution in [3.05, 3.63) is 96.1 Å². The van der Waals surface area contributed by atoms with Crippen LogP contribution in [0.4, 0.5) is 0 Å². The molecule has 4 aromatic rings. The second kappa shape index (κ2) is 12.5. The van der Waals surface area contributed by atoms with Crippen molar-refractivity contribution < 1.29 is 14.7 Å². The molecule has 1 unspecified atom stereocenters. The molecule has 0 aromatic heterocycles. The number of amides is 2. The molecule has 0 fully saturated rings. The molecule has 7 nitrogen and oxygen atoms in total. The number of nitrogens with one attached hydrogen (secondary N) is 2. The Bertz CT molecular complexity index is 1370. The van der Waals surface area contributed by atoms with Crippen LogP contribution in [0.15, 0.2) is 84.9 Å². The minimum atomic E-state index is -0.750. The molecule has 7 heteroatoms. The monoisotopic (exact) mass is 498 g/mol. The second-order valence-corrected chi connectivity index (χ2v) is 9.45. The zero-order chi connectivity index (χ0) is 26.2. The van der Waals surface area contributed by atoms with Gasteiger partial charge >= 0.3 is 0 Å². The highest BCUT2D eigenvalue weighted by atomic mass is 16.3. The zero-order valence-electron chi connectivity index (χ0n) is 20.8. The number of hydrogen-bond acceptors (Lipinski definition) is 5. The summed E-state index contributed by atoms with van der Waals surface area (Å²) in [6.45, 7) is 0.0170. The third kappa shape index (κ3) is 7.13. The van der Waals surface area contributed by atoms with E-state index in [4.69, 9.17) is 11.5 Å². The van der Waals surface area contributed by atoms with Gasteiger partial charge in [0.2, 0.25) is 11.8 Å². The fraction of sp³-hybridized carbons (Fsp3) is 0.267. The van der Waals surface area contributed by atoms with Crippen molar-refractivity contribution in [3.8, 4) is 0 Å². The van der Waals surface area contributed by atoms with Crippen LogP contribution in [-0.4, -0.2) is 48.2 Å². The van der Waals surface area contributed by atoms with Gasteiger partial charge in [-0.25, -0.2) is 0 Å². The predicted octanol–water partition coefficient (Wildman–Crippen LogP) is 2.42. The van der Waals surface area contributed by atoms with Crippen molar-refractivity contribution >= 4 is 33.4 Å². The van der Waals surface area contributed by atoms with Crippen LogP contribution >= 0.6 is 0 Å². The van der Waals surface area contributed by atoms with Gasteiger partial charge in [-0.05, 0) is 51.9 Å². The molecule has 4 aromatic carbocycles. The summed E-state index contributed by atoms with van der Waals surface area (Å²) in [5.41, 5.74) is 14.2.